The van der Waals surface area contributed by atoms with Crippen molar-refractivity contribution in [2.24, 2.45) is 11.3 Å². The summed E-state index contributed by atoms with van der Waals surface area (Å²) < 4.78 is 4.97. The number of nitrogens with one attached hydrogen (secondary N) is 1. The SMILES string of the molecule is COCCN[C@H](O)C1(C)CCCC[C@H]1C. The number of aliphatic hydroxyl groups excluding tert-OH is 1. The van der Waals surface area contributed by atoms with E-state index in [0.717, 1.165) is 13.0 Å². The number of aliphatic hydroxyl groups is 1. The lowest BCUT2D eigenvalue weighted by Gasteiger charge is -2.43. The van der Waals surface area contributed by atoms with Crippen molar-refractivity contribution in [3.8, 4) is 0 Å². The normalized spacial score (nSPS) is 34.0. The first kappa shape index (κ1) is 12.9. The fraction of sp³-hybridized carbons (Fsp3) is 1.00. The summed E-state index contributed by atoms with van der Waals surface area (Å²) in [7, 11) is 1.68. The van der Waals surface area contributed by atoms with E-state index in [1.807, 2.05) is 0 Å². The summed E-state index contributed by atoms with van der Waals surface area (Å²) in [5.74, 6) is 0.594. The molecule has 3 atom stereocenters. The molecule has 1 saturated carbocycles. The Balaban J connectivity index is 2.43. The molecular weight excluding hydrogens is 190 g/mol. The highest BCUT2D eigenvalue weighted by Crippen LogP contribution is 2.42. The third-order valence-electron chi connectivity index (χ3n) is 4.00. The molecule has 3 nitrogen and oxygen atoms in total. The van der Waals surface area contributed by atoms with Crippen LogP contribution in [-0.2, 0) is 4.74 Å². The average Bonchev–Trinajstić information content (AvgIpc) is 2.23. The molecule has 1 fully saturated rings. The van der Waals surface area contributed by atoms with Crippen molar-refractivity contribution in [3.63, 3.8) is 0 Å². The van der Waals surface area contributed by atoms with E-state index < -0.39 is 6.23 Å². The quantitative estimate of drug-likeness (QED) is 0.542. The van der Waals surface area contributed by atoms with Crippen LogP contribution in [0.2, 0.25) is 0 Å². The molecule has 1 aliphatic carbocycles. The largest absolute Gasteiger partial charge is 0.383 e. The van der Waals surface area contributed by atoms with Crippen LogP contribution in [0.3, 0.4) is 0 Å². The van der Waals surface area contributed by atoms with Gasteiger partial charge >= 0.3 is 0 Å². The van der Waals surface area contributed by atoms with Crippen LogP contribution in [0.5, 0.6) is 0 Å². The van der Waals surface area contributed by atoms with Gasteiger partial charge in [0.2, 0.25) is 0 Å². The van der Waals surface area contributed by atoms with E-state index in [0.29, 0.717) is 12.5 Å². The molecule has 0 aromatic heterocycles. The van der Waals surface area contributed by atoms with Crippen molar-refractivity contribution in [3.05, 3.63) is 0 Å². The highest BCUT2D eigenvalue weighted by molar-refractivity contribution is 4.88. The van der Waals surface area contributed by atoms with Gasteiger partial charge in [-0.2, -0.15) is 0 Å². The second-order valence-electron chi connectivity index (χ2n) is 5.00. The molecule has 0 aliphatic heterocycles. The Labute approximate surface area is 93.2 Å². The average molecular weight is 215 g/mol. The molecule has 0 aromatic carbocycles. The van der Waals surface area contributed by atoms with Crippen LogP contribution in [-0.4, -0.2) is 31.6 Å². The molecule has 0 amide bonds. The predicted molar refractivity (Wildman–Crippen MR) is 61.6 cm³/mol. The van der Waals surface area contributed by atoms with E-state index in [-0.39, 0.29) is 5.41 Å². The number of ether oxygens (including phenoxy) is 1. The molecule has 0 aromatic rings. The molecule has 1 aliphatic rings. The highest BCUT2D eigenvalue weighted by atomic mass is 16.5. The zero-order chi connectivity index (χ0) is 11.3. The molecule has 90 valence electrons. The Bertz CT molecular complexity index is 186. The van der Waals surface area contributed by atoms with Crippen LogP contribution < -0.4 is 5.32 Å². The van der Waals surface area contributed by atoms with Crippen molar-refractivity contribution in [2.45, 2.75) is 45.8 Å². The lowest BCUT2D eigenvalue weighted by Crippen LogP contribution is -2.49. The van der Waals surface area contributed by atoms with Gasteiger partial charge in [-0.1, -0.05) is 33.1 Å². The Morgan fingerprint density at radius 1 is 1.53 bits per heavy atom. The minimum Gasteiger partial charge on any atom is -0.383 e. The van der Waals surface area contributed by atoms with Crippen LogP contribution >= 0.6 is 0 Å². The Hall–Kier alpha value is -0.120. The summed E-state index contributed by atoms with van der Waals surface area (Å²) in [5, 5.41) is 13.3. The topological polar surface area (TPSA) is 41.5 Å². The Morgan fingerprint density at radius 2 is 2.27 bits per heavy atom. The standard InChI is InChI=1S/C12H25NO2/c1-10-6-4-5-7-12(10,2)11(14)13-8-9-15-3/h10-11,13-14H,4-9H2,1-3H3/t10-,11-,12?/m1/s1. The van der Waals surface area contributed by atoms with Gasteiger partial charge in [-0.05, 0) is 12.3 Å². The molecular formula is C12H25NO2. The number of methoxy groups -OCH3 is 1. The summed E-state index contributed by atoms with van der Waals surface area (Å²) in [6.45, 7) is 5.82. The third-order valence-corrected chi connectivity index (χ3v) is 4.00. The number of hydrogen-bond donors (Lipinski definition) is 2. The predicted octanol–water partition coefficient (Wildman–Crippen LogP) is 1.76. The first-order valence-corrected chi connectivity index (χ1v) is 6.01. The zero-order valence-electron chi connectivity index (χ0n) is 10.3. The van der Waals surface area contributed by atoms with Gasteiger partial charge in [0.15, 0.2) is 0 Å². The van der Waals surface area contributed by atoms with E-state index >= 15 is 0 Å². The van der Waals surface area contributed by atoms with Gasteiger partial charge in [0.25, 0.3) is 0 Å². The third kappa shape index (κ3) is 3.16. The van der Waals surface area contributed by atoms with Crippen molar-refractivity contribution in [1.29, 1.82) is 0 Å². The molecule has 0 radical (unpaired) electrons. The van der Waals surface area contributed by atoms with E-state index in [4.69, 9.17) is 4.74 Å². The molecule has 15 heavy (non-hydrogen) atoms. The van der Waals surface area contributed by atoms with Gasteiger partial charge in [-0.15, -0.1) is 0 Å². The Kier molecular flexibility index (Phi) is 5.03. The van der Waals surface area contributed by atoms with Gasteiger partial charge in [-0.3, -0.25) is 5.32 Å². The van der Waals surface area contributed by atoms with Gasteiger partial charge in [0.05, 0.1) is 6.61 Å². The van der Waals surface area contributed by atoms with E-state index in [9.17, 15) is 5.11 Å². The maximum atomic E-state index is 10.2. The lowest BCUT2D eigenvalue weighted by atomic mass is 9.67. The van der Waals surface area contributed by atoms with Crippen LogP contribution in [0, 0.1) is 11.3 Å². The number of rotatable bonds is 5. The second-order valence-corrected chi connectivity index (χ2v) is 5.00. The molecule has 0 spiro atoms. The molecule has 0 heterocycles. The number of hydrogen-bond acceptors (Lipinski definition) is 3. The maximum absolute atomic E-state index is 10.2. The first-order chi connectivity index (χ1) is 7.11. The second kappa shape index (κ2) is 5.83. The smallest absolute Gasteiger partial charge is 0.110 e. The minimum absolute atomic E-state index is 0.0337. The summed E-state index contributed by atoms with van der Waals surface area (Å²) in [4.78, 5) is 0. The van der Waals surface area contributed by atoms with Gasteiger partial charge < -0.3 is 9.84 Å². The van der Waals surface area contributed by atoms with E-state index in [1.54, 1.807) is 7.11 Å². The van der Waals surface area contributed by atoms with E-state index in [2.05, 4.69) is 19.2 Å². The molecule has 0 saturated heterocycles. The summed E-state index contributed by atoms with van der Waals surface area (Å²) in [6, 6.07) is 0. The molecule has 2 N–H and O–H groups in total. The van der Waals surface area contributed by atoms with Crippen molar-refractivity contribution in [2.75, 3.05) is 20.3 Å². The van der Waals surface area contributed by atoms with Gasteiger partial charge in [0.1, 0.15) is 6.23 Å². The monoisotopic (exact) mass is 215 g/mol. The molecule has 3 heteroatoms. The van der Waals surface area contributed by atoms with Crippen LogP contribution in [0.25, 0.3) is 0 Å². The van der Waals surface area contributed by atoms with Gasteiger partial charge in [0, 0.05) is 19.1 Å². The zero-order valence-corrected chi connectivity index (χ0v) is 10.3. The van der Waals surface area contributed by atoms with Crippen molar-refractivity contribution >= 4 is 0 Å². The van der Waals surface area contributed by atoms with Gasteiger partial charge in [-0.25, -0.2) is 0 Å². The molecule has 1 unspecified atom stereocenters. The highest BCUT2D eigenvalue weighted by Gasteiger charge is 2.39. The minimum atomic E-state index is -0.400. The van der Waals surface area contributed by atoms with Crippen LogP contribution in [0.15, 0.2) is 0 Å². The summed E-state index contributed by atoms with van der Waals surface area (Å²) >= 11 is 0. The first-order valence-electron chi connectivity index (χ1n) is 6.01. The Morgan fingerprint density at radius 3 is 2.87 bits per heavy atom. The maximum Gasteiger partial charge on any atom is 0.110 e. The van der Waals surface area contributed by atoms with Crippen LogP contribution in [0.4, 0.5) is 0 Å². The molecule has 0 bridgehead atoms. The van der Waals surface area contributed by atoms with Crippen molar-refractivity contribution < 1.29 is 9.84 Å². The van der Waals surface area contributed by atoms with Crippen molar-refractivity contribution in [1.82, 2.24) is 5.32 Å². The lowest BCUT2D eigenvalue weighted by molar-refractivity contribution is -0.0493. The summed E-state index contributed by atoms with van der Waals surface area (Å²) in [6.07, 6.45) is 4.50. The molecule has 1 rings (SSSR count). The fourth-order valence-electron chi connectivity index (χ4n) is 2.47. The van der Waals surface area contributed by atoms with E-state index in [1.165, 1.54) is 19.3 Å². The summed E-state index contributed by atoms with van der Waals surface area (Å²) in [5.41, 5.74) is 0.0337. The van der Waals surface area contributed by atoms with Crippen LogP contribution in [0.1, 0.15) is 39.5 Å². The fourth-order valence-corrected chi connectivity index (χ4v) is 2.47.